The normalized spacial score (nSPS) is 25.1. The van der Waals surface area contributed by atoms with E-state index in [1.165, 1.54) is 0 Å². The zero-order chi connectivity index (χ0) is 12.8. The topological polar surface area (TPSA) is 81.0 Å². The molecule has 0 spiro atoms. The molecule has 2 atom stereocenters. The minimum absolute atomic E-state index is 0.151. The van der Waals surface area contributed by atoms with Gasteiger partial charge in [0, 0.05) is 13.1 Å². The molecule has 3 N–H and O–H groups in total. The van der Waals surface area contributed by atoms with Gasteiger partial charge in [0.05, 0.1) is 5.92 Å². The first-order chi connectivity index (χ1) is 8.04. The zero-order valence-electron chi connectivity index (χ0n) is 10.4. The minimum Gasteiger partial charge on any atom is -0.481 e. The first-order valence-electron chi connectivity index (χ1n) is 6.35. The van der Waals surface area contributed by atoms with Gasteiger partial charge in [0.1, 0.15) is 0 Å². The molecule has 0 saturated carbocycles. The molecule has 6 heteroatoms. The van der Waals surface area contributed by atoms with Crippen LogP contribution in [0, 0.1) is 11.8 Å². The molecule has 1 heterocycles. The van der Waals surface area contributed by atoms with Crippen molar-refractivity contribution < 1.29 is 19.9 Å². The second-order valence-electron chi connectivity index (χ2n) is 4.88. The summed E-state index contributed by atoms with van der Waals surface area (Å²) < 4.78 is 0. The van der Waals surface area contributed by atoms with Crippen molar-refractivity contribution in [2.45, 2.75) is 32.5 Å². The Balaban J connectivity index is 2.41. The Labute approximate surface area is 103 Å². The first kappa shape index (κ1) is 14.5. The second kappa shape index (κ2) is 6.98. The molecule has 0 aromatic carbocycles. The first-order valence-corrected chi connectivity index (χ1v) is 6.35. The molecule has 1 aliphatic heterocycles. The van der Waals surface area contributed by atoms with Gasteiger partial charge in [0.2, 0.25) is 0 Å². The van der Waals surface area contributed by atoms with Gasteiger partial charge in [-0.05, 0) is 31.6 Å². The van der Waals surface area contributed by atoms with Gasteiger partial charge in [-0.3, -0.25) is 4.79 Å². The predicted octanol–water partition coefficient (Wildman–Crippen LogP) is 0.282. The molecule has 1 rings (SSSR count). The Bertz CT molecular complexity index is 250. The van der Waals surface area contributed by atoms with Crippen LogP contribution in [0.3, 0.4) is 0 Å². The van der Waals surface area contributed by atoms with Crippen LogP contribution in [-0.4, -0.2) is 52.8 Å². The summed E-state index contributed by atoms with van der Waals surface area (Å²) in [5, 5.41) is 26.7. The molecule has 98 valence electrons. The number of rotatable bonds is 7. The predicted molar refractivity (Wildman–Crippen MR) is 65.6 cm³/mol. The Morgan fingerprint density at radius 1 is 1.41 bits per heavy atom. The molecule has 2 unspecified atom stereocenters. The average Bonchev–Trinajstić information content (AvgIpc) is 2.61. The Kier molecular flexibility index (Phi) is 5.95. The molecule has 0 bridgehead atoms. The Morgan fingerprint density at radius 3 is 2.65 bits per heavy atom. The van der Waals surface area contributed by atoms with Crippen molar-refractivity contribution >= 4 is 13.1 Å². The highest BCUT2D eigenvalue weighted by atomic mass is 16.4. The standard InChI is InChI=1S/C11H22BNO4/c1-2-6-13-7-9(4-3-5-12(16)17)10(8-13)11(14)15/h9-10,16-17H,2-8H2,1H3,(H,14,15). The molecule has 1 aliphatic rings. The number of hydrogen-bond donors (Lipinski definition) is 3. The van der Waals surface area contributed by atoms with Gasteiger partial charge in [0.25, 0.3) is 0 Å². The van der Waals surface area contributed by atoms with Gasteiger partial charge < -0.3 is 20.1 Å². The maximum Gasteiger partial charge on any atom is 0.451 e. The van der Waals surface area contributed by atoms with E-state index in [0.717, 1.165) is 25.9 Å². The lowest BCUT2D eigenvalue weighted by molar-refractivity contribution is -0.142. The zero-order valence-corrected chi connectivity index (χ0v) is 10.4. The van der Waals surface area contributed by atoms with E-state index in [4.69, 9.17) is 15.2 Å². The molecule has 0 aliphatic carbocycles. The van der Waals surface area contributed by atoms with E-state index < -0.39 is 13.1 Å². The molecule has 0 radical (unpaired) electrons. The Morgan fingerprint density at radius 2 is 2.12 bits per heavy atom. The van der Waals surface area contributed by atoms with Crippen molar-refractivity contribution in [2.24, 2.45) is 11.8 Å². The van der Waals surface area contributed by atoms with Gasteiger partial charge >= 0.3 is 13.1 Å². The third-order valence-electron chi connectivity index (χ3n) is 3.41. The third-order valence-corrected chi connectivity index (χ3v) is 3.41. The number of hydrogen-bond acceptors (Lipinski definition) is 4. The van der Waals surface area contributed by atoms with Crippen molar-refractivity contribution in [1.82, 2.24) is 4.90 Å². The summed E-state index contributed by atoms with van der Waals surface area (Å²) in [4.78, 5) is 13.3. The van der Waals surface area contributed by atoms with Crippen LogP contribution in [0.4, 0.5) is 0 Å². The van der Waals surface area contributed by atoms with E-state index in [1.807, 2.05) is 0 Å². The molecule has 1 fully saturated rings. The molecule has 1 saturated heterocycles. The number of carboxylic acid groups (broad SMARTS) is 1. The van der Waals surface area contributed by atoms with Crippen LogP contribution in [-0.2, 0) is 4.79 Å². The molecular formula is C11H22BNO4. The smallest absolute Gasteiger partial charge is 0.451 e. The van der Waals surface area contributed by atoms with Crippen LogP contribution in [0.15, 0.2) is 0 Å². The maximum absolute atomic E-state index is 11.1. The van der Waals surface area contributed by atoms with E-state index in [-0.39, 0.29) is 11.8 Å². The molecule has 0 aromatic rings. The average molecular weight is 243 g/mol. The van der Waals surface area contributed by atoms with E-state index in [1.54, 1.807) is 0 Å². The fourth-order valence-corrected chi connectivity index (χ4v) is 2.59. The van der Waals surface area contributed by atoms with E-state index in [9.17, 15) is 4.79 Å². The fourth-order valence-electron chi connectivity index (χ4n) is 2.59. The van der Waals surface area contributed by atoms with Crippen molar-refractivity contribution in [3.05, 3.63) is 0 Å². The Hall–Kier alpha value is -0.585. The summed E-state index contributed by atoms with van der Waals surface area (Å²) in [7, 11) is -1.27. The second-order valence-corrected chi connectivity index (χ2v) is 4.88. The van der Waals surface area contributed by atoms with Crippen molar-refractivity contribution in [3.63, 3.8) is 0 Å². The number of carboxylic acids is 1. The van der Waals surface area contributed by atoms with E-state index >= 15 is 0 Å². The van der Waals surface area contributed by atoms with E-state index in [2.05, 4.69) is 11.8 Å². The SMILES string of the molecule is CCCN1CC(CCCB(O)O)C(C(=O)O)C1. The molecule has 0 amide bonds. The fraction of sp³-hybridized carbons (Fsp3) is 0.909. The largest absolute Gasteiger partial charge is 0.481 e. The summed E-state index contributed by atoms with van der Waals surface area (Å²) in [6.45, 7) is 4.50. The summed E-state index contributed by atoms with van der Waals surface area (Å²) in [5.74, 6) is -0.867. The quantitative estimate of drug-likeness (QED) is 0.559. The van der Waals surface area contributed by atoms with E-state index in [0.29, 0.717) is 19.3 Å². The molecule has 0 aromatic heterocycles. The number of carbonyl (C=O) groups is 1. The van der Waals surface area contributed by atoms with Crippen molar-refractivity contribution in [2.75, 3.05) is 19.6 Å². The molecular weight excluding hydrogens is 221 g/mol. The van der Waals surface area contributed by atoms with Crippen LogP contribution >= 0.6 is 0 Å². The monoisotopic (exact) mass is 243 g/mol. The number of aliphatic carboxylic acids is 1. The molecule has 17 heavy (non-hydrogen) atoms. The highest BCUT2D eigenvalue weighted by Gasteiger charge is 2.36. The lowest BCUT2D eigenvalue weighted by Gasteiger charge is -2.14. The summed E-state index contributed by atoms with van der Waals surface area (Å²) in [5.41, 5.74) is 0. The highest BCUT2D eigenvalue weighted by Crippen LogP contribution is 2.28. The maximum atomic E-state index is 11.1. The summed E-state index contributed by atoms with van der Waals surface area (Å²) >= 11 is 0. The highest BCUT2D eigenvalue weighted by molar-refractivity contribution is 6.40. The van der Waals surface area contributed by atoms with Gasteiger partial charge in [-0.1, -0.05) is 13.3 Å². The summed E-state index contributed by atoms with van der Waals surface area (Å²) in [6.07, 6.45) is 2.80. The van der Waals surface area contributed by atoms with Crippen LogP contribution < -0.4 is 0 Å². The molecule has 5 nitrogen and oxygen atoms in total. The summed E-state index contributed by atoms with van der Waals surface area (Å²) in [6, 6.07) is 0. The van der Waals surface area contributed by atoms with Crippen molar-refractivity contribution in [1.29, 1.82) is 0 Å². The lowest BCUT2D eigenvalue weighted by atomic mass is 9.80. The van der Waals surface area contributed by atoms with Crippen molar-refractivity contribution in [3.8, 4) is 0 Å². The van der Waals surface area contributed by atoms with Gasteiger partial charge in [-0.2, -0.15) is 0 Å². The van der Waals surface area contributed by atoms with Gasteiger partial charge in [0.15, 0.2) is 0 Å². The van der Waals surface area contributed by atoms with Crippen LogP contribution in [0.2, 0.25) is 6.32 Å². The van der Waals surface area contributed by atoms with Crippen LogP contribution in [0.25, 0.3) is 0 Å². The van der Waals surface area contributed by atoms with Gasteiger partial charge in [-0.15, -0.1) is 0 Å². The lowest BCUT2D eigenvalue weighted by Crippen LogP contribution is -2.24. The minimum atomic E-state index is -1.27. The number of nitrogens with zero attached hydrogens (tertiary/aromatic N) is 1. The third kappa shape index (κ3) is 4.65. The van der Waals surface area contributed by atoms with Gasteiger partial charge in [-0.25, -0.2) is 0 Å². The van der Waals surface area contributed by atoms with Crippen LogP contribution in [0.1, 0.15) is 26.2 Å². The number of likely N-dealkylation sites (tertiary alicyclic amines) is 1. The van der Waals surface area contributed by atoms with Crippen LogP contribution in [0.5, 0.6) is 0 Å².